The number of sulfone groups is 1. The van der Waals surface area contributed by atoms with E-state index in [1.807, 2.05) is 36.4 Å². The Balaban J connectivity index is 1.47. The first-order chi connectivity index (χ1) is 11.1. The van der Waals surface area contributed by atoms with E-state index in [1.54, 1.807) is 12.4 Å². The van der Waals surface area contributed by atoms with Gasteiger partial charge in [0.25, 0.3) is 0 Å². The van der Waals surface area contributed by atoms with Gasteiger partial charge in [0, 0.05) is 25.0 Å². The van der Waals surface area contributed by atoms with Crippen LogP contribution in [0.4, 0.5) is 0 Å². The summed E-state index contributed by atoms with van der Waals surface area (Å²) in [5.74, 6) is 1.36. The van der Waals surface area contributed by atoms with E-state index in [9.17, 15) is 8.42 Å². The molecular weight excluding hydrogens is 312 g/mol. The minimum Gasteiger partial charge on any atom is -0.489 e. The molecule has 0 aliphatic carbocycles. The van der Waals surface area contributed by atoms with Crippen molar-refractivity contribution < 1.29 is 13.2 Å². The molecule has 0 spiro atoms. The van der Waals surface area contributed by atoms with Gasteiger partial charge < -0.3 is 10.1 Å². The van der Waals surface area contributed by atoms with Crippen LogP contribution in [0.3, 0.4) is 0 Å². The molecule has 5 nitrogen and oxygen atoms in total. The summed E-state index contributed by atoms with van der Waals surface area (Å²) in [6.07, 6.45) is 4.20. The molecule has 0 amide bonds. The molecule has 1 fully saturated rings. The van der Waals surface area contributed by atoms with Crippen molar-refractivity contribution in [1.29, 1.82) is 0 Å². The summed E-state index contributed by atoms with van der Waals surface area (Å²) in [7, 11) is -2.83. The van der Waals surface area contributed by atoms with Crippen LogP contribution in [-0.4, -0.2) is 30.9 Å². The third kappa shape index (κ3) is 4.77. The fraction of sp³-hybridized carbons (Fsp3) is 0.353. The standard InChI is InChI=1S/C17H20N2O3S/c20-23(21)10-7-16(13-23)19-11-14-1-3-17(4-2-14)22-12-15-5-8-18-9-6-15/h1-6,8-9,16,19H,7,10-13H2/t16-/m1/s1. The van der Waals surface area contributed by atoms with Gasteiger partial charge in [0.1, 0.15) is 12.4 Å². The van der Waals surface area contributed by atoms with Crippen LogP contribution in [0.25, 0.3) is 0 Å². The number of nitrogens with one attached hydrogen (secondary N) is 1. The number of ether oxygens (including phenoxy) is 1. The fourth-order valence-electron chi connectivity index (χ4n) is 2.57. The van der Waals surface area contributed by atoms with Gasteiger partial charge in [-0.2, -0.15) is 0 Å². The van der Waals surface area contributed by atoms with Crippen molar-refractivity contribution in [2.45, 2.75) is 25.6 Å². The summed E-state index contributed by atoms with van der Waals surface area (Å²) >= 11 is 0. The van der Waals surface area contributed by atoms with Crippen molar-refractivity contribution in [2.24, 2.45) is 0 Å². The Morgan fingerprint density at radius 2 is 1.83 bits per heavy atom. The summed E-state index contributed by atoms with van der Waals surface area (Å²) < 4.78 is 28.6. The Bertz CT molecular complexity index is 730. The van der Waals surface area contributed by atoms with Crippen LogP contribution in [0.5, 0.6) is 5.75 Å². The van der Waals surface area contributed by atoms with Gasteiger partial charge in [0.2, 0.25) is 0 Å². The van der Waals surface area contributed by atoms with Crippen molar-refractivity contribution >= 4 is 9.84 Å². The summed E-state index contributed by atoms with van der Waals surface area (Å²) in [5.41, 5.74) is 2.19. The third-order valence-electron chi connectivity index (χ3n) is 3.91. The van der Waals surface area contributed by atoms with Gasteiger partial charge in [0.05, 0.1) is 11.5 Å². The second-order valence-electron chi connectivity index (χ2n) is 5.77. The zero-order valence-corrected chi connectivity index (χ0v) is 13.6. The Morgan fingerprint density at radius 3 is 2.48 bits per heavy atom. The molecule has 122 valence electrons. The monoisotopic (exact) mass is 332 g/mol. The van der Waals surface area contributed by atoms with Gasteiger partial charge in [-0.25, -0.2) is 8.42 Å². The molecule has 1 aliphatic rings. The predicted molar refractivity (Wildman–Crippen MR) is 88.9 cm³/mol. The molecule has 1 N–H and O–H groups in total. The van der Waals surface area contributed by atoms with Crippen molar-refractivity contribution in [3.8, 4) is 5.75 Å². The second kappa shape index (κ2) is 7.10. The maximum atomic E-state index is 11.4. The van der Waals surface area contributed by atoms with Crippen molar-refractivity contribution in [3.05, 3.63) is 59.9 Å². The van der Waals surface area contributed by atoms with Crippen LogP contribution < -0.4 is 10.1 Å². The summed E-state index contributed by atoms with van der Waals surface area (Å²) in [6.45, 7) is 1.19. The highest BCUT2D eigenvalue weighted by atomic mass is 32.2. The molecule has 1 aromatic carbocycles. The smallest absolute Gasteiger partial charge is 0.151 e. The summed E-state index contributed by atoms with van der Waals surface area (Å²) in [5, 5.41) is 3.30. The molecule has 2 aromatic rings. The highest BCUT2D eigenvalue weighted by Crippen LogP contribution is 2.15. The molecule has 0 radical (unpaired) electrons. The Morgan fingerprint density at radius 1 is 1.09 bits per heavy atom. The van der Waals surface area contributed by atoms with Crippen LogP contribution in [0.2, 0.25) is 0 Å². The maximum absolute atomic E-state index is 11.4. The number of hydrogen-bond donors (Lipinski definition) is 1. The summed E-state index contributed by atoms with van der Waals surface area (Å²) in [4.78, 5) is 3.97. The van der Waals surface area contributed by atoms with Crippen LogP contribution in [0.1, 0.15) is 17.5 Å². The largest absolute Gasteiger partial charge is 0.489 e. The van der Waals surface area contributed by atoms with Crippen molar-refractivity contribution in [3.63, 3.8) is 0 Å². The first-order valence-electron chi connectivity index (χ1n) is 7.65. The Kier molecular flexibility index (Phi) is 4.93. The molecule has 1 saturated heterocycles. The molecule has 0 unspecified atom stereocenters. The first kappa shape index (κ1) is 16.0. The van der Waals surface area contributed by atoms with Crippen LogP contribution >= 0.6 is 0 Å². The lowest BCUT2D eigenvalue weighted by Crippen LogP contribution is -2.29. The zero-order chi connectivity index (χ0) is 16.1. The number of hydrogen-bond acceptors (Lipinski definition) is 5. The van der Waals surface area contributed by atoms with Gasteiger partial charge in [-0.3, -0.25) is 4.98 Å². The van der Waals surface area contributed by atoms with Gasteiger partial charge >= 0.3 is 0 Å². The van der Waals surface area contributed by atoms with Crippen LogP contribution in [-0.2, 0) is 23.0 Å². The molecule has 0 bridgehead atoms. The average Bonchev–Trinajstić information content (AvgIpc) is 2.92. The van der Waals surface area contributed by atoms with E-state index < -0.39 is 9.84 Å². The van der Waals surface area contributed by atoms with Crippen molar-refractivity contribution in [2.75, 3.05) is 11.5 Å². The molecule has 2 heterocycles. The third-order valence-corrected chi connectivity index (χ3v) is 5.67. The molecule has 23 heavy (non-hydrogen) atoms. The number of rotatable bonds is 6. The van der Waals surface area contributed by atoms with Crippen LogP contribution in [0.15, 0.2) is 48.8 Å². The van der Waals surface area contributed by atoms with Gasteiger partial charge in [-0.1, -0.05) is 12.1 Å². The van der Waals surface area contributed by atoms with Crippen LogP contribution in [0, 0.1) is 0 Å². The summed E-state index contributed by atoms with van der Waals surface area (Å²) in [6, 6.07) is 11.8. The molecule has 1 atom stereocenters. The highest BCUT2D eigenvalue weighted by molar-refractivity contribution is 7.91. The molecule has 6 heteroatoms. The minimum atomic E-state index is -2.83. The molecular formula is C17H20N2O3S. The quantitative estimate of drug-likeness (QED) is 0.875. The topological polar surface area (TPSA) is 68.3 Å². The molecule has 1 aromatic heterocycles. The van der Waals surface area contributed by atoms with E-state index in [0.29, 0.717) is 25.3 Å². The van der Waals surface area contributed by atoms with Gasteiger partial charge in [-0.15, -0.1) is 0 Å². The average molecular weight is 332 g/mol. The number of benzene rings is 1. The SMILES string of the molecule is O=S1(=O)CC[C@@H](NCc2ccc(OCc3ccncc3)cc2)C1. The lowest BCUT2D eigenvalue weighted by Gasteiger charge is -2.11. The van der Waals surface area contributed by atoms with E-state index in [4.69, 9.17) is 4.74 Å². The van der Waals surface area contributed by atoms with E-state index >= 15 is 0 Å². The van der Waals surface area contributed by atoms with E-state index in [-0.39, 0.29) is 11.8 Å². The predicted octanol–water partition coefficient (Wildman–Crippen LogP) is 1.94. The normalized spacial score (nSPS) is 19.6. The molecule has 0 saturated carbocycles. The second-order valence-corrected chi connectivity index (χ2v) is 8.00. The number of pyridine rings is 1. The minimum absolute atomic E-state index is 0.0719. The Labute approximate surface area is 136 Å². The zero-order valence-electron chi connectivity index (χ0n) is 12.8. The highest BCUT2D eigenvalue weighted by Gasteiger charge is 2.27. The van der Waals surface area contributed by atoms with E-state index in [2.05, 4.69) is 10.3 Å². The van der Waals surface area contributed by atoms with E-state index in [0.717, 1.165) is 16.9 Å². The number of aromatic nitrogens is 1. The first-order valence-corrected chi connectivity index (χ1v) is 9.47. The maximum Gasteiger partial charge on any atom is 0.151 e. The fourth-order valence-corrected chi connectivity index (χ4v) is 4.28. The molecule has 3 rings (SSSR count). The van der Waals surface area contributed by atoms with Crippen molar-refractivity contribution in [1.82, 2.24) is 10.3 Å². The van der Waals surface area contributed by atoms with Gasteiger partial charge in [0.15, 0.2) is 9.84 Å². The van der Waals surface area contributed by atoms with Gasteiger partial charge in [-0.05, 0) is 41.8 Å². The Hall–Kier alpha value is -1.92. The lowest BCUT2D eigenvalue weighted by molar-refractivity contribution is 0.306. The number of nitrogens with zero attached hydrogens (tertiary/aromatic N) is 1. The lowest BCUT2D eigenvalue weighted by atomic mass is 10.2. The molecule has 1 aliphatic heterocycles. The van der Waals surface area contributed by atoms with E-state index in [1.165, 1.54) is 0 Å².